The first-order valence-corrected chi connectivity index (χ1v) is 6.02. The molecule has 1 aromatic carbocycles. The van der Waals surface area contributed by atoms with Crippen LogP contribution in [0, 0.1) is 6.92 Å². The minimum Gasteiger partial charge on any atom is -0.334 e. The Labute approximate surface area is 111 Å². The molecule has 0 aliphatic rings. The molecule has 0 spiro atoms. The molecule has 0 aliphatic carbocycles. The third-order valence-corrected chi connectivity index (χ3v) is 2.81. The Morgan fingerprint density at radius 1 is 1.37 bits per heavy atom. The van der Waals surface area contributed by atoms with Gasteiger partial charge in [-0.1, -0.05) is 12.1 Å². The summed E-state index contributed by atoms with van der Waals surface area (Å²) in [6.45, 7) is 2.67. The molecule has 100 valence electrons. The van der Waals surface area contributed by atoms with Crippen LogP contribution < -0.4 is 5.73 Å². The number of carbonyl (C=O) groups is 1. The van der Waals surface area contributed by atoms with E-state index in [1.807, 2.05) is 19.1 Å². The topological polar surface area (TPSA) is 87.9 Å². The molecular weight excluding hydrogens is 242 g/mol. The summed E-state index contributed by atoms with van der Waals surface area (Å²) < 4.78 is 0. The van der Waals surface area contributed by atoms with Crippen LogP contribution >= 0.6 is 0 Å². The average molecular weight is 259 g/mol. The zero-order valence-electron chi connectivity index (χ0n) is 11.1. The zero-order chi connectivity index (χ0) is 13.8. The Hall–Kier alpha value is -2.21. The molecule has 6 nitrogen and oxygen atoms in total. The summed E-state index contributed by atoms with van der Waals surface area (Å²) in [5.41, 5.74) is 7.16. The van der Waals surface area contributed by atoms with Crippen molar-refractivity contribution in [2.75, 3.05) is 7.05 Å². The number of rotatable bonds is 4. The molecule has 1 amide bonds. The number of benzene rings is 1. The van der Waals surface area contributed by atoms with Gasteiger partial charge >= 0.3 is 0 Å². The summed E-state index contributed by atoms with van der Waals surface area (Å²) in [7, 11) is 1.73. The van der Waals surface area contributed by atoms with Crippen LogP contribution in [-0.2, 0) is 13.1 Å². The van der Waals surface area contributed by atoms with Crippen LogP contribution in [0.2, 0.25) is 0 Å². The molecule has 0 saturated heterocycles. The van der Waals surface area contributed by atoms with Crippen LogP contribution in [0.15, 0.2) is 24.3 Å². The largest absolute Gasteiger partial charge is 0.334 e. The van der Waals surface area contributed by atoms with Crippen molar-refractivity contribution in [2.24, 2.45) is 5.73 Å². The molecule has 6 heteroatoms. The number of hydrogen-bond donors (Lipinski definition) is 2. The van der Waals surface area contributed by atoms with Crippen LogP contribution in [-0.4, -0.2) is 33.0 Å². The highest BCUT2D eigenvalue weighted by molar-refractivity contribution is 5.94. The predicted molar refractivity (Wildman–Crippen MR) is 71.3 cm³/mol. The molecular formula is C13H17N5O. The van der Waals surface area contributed by atoms with Crippen molar-refractivity contribution >= 4 is 5.91 Å². The summed E-state index contributed by atoms with van der Waals surface area (Å²) in [6, 6.07) is 7.28. The Bertz CT molecular complexity index is 561. The maximum absolute atomic E-state index is 12.2. The third kappa shape index (κ3) is 3.17. The molecule has 0 radical (unpaired) electrons. The maximum atomic E-state index is 12.2. The first-order chi connectivity index (χ1) is 9.10. The van der Waals surface area contributed by atoms with Gasteiger partial charge in [0.2, 0.25) is 0 Å². The number of aromatic amines is 1. The number of nitrogens with zero attached hydrogens (tertiary/aromatic N) is 3. The van der Waals surface area contributed by atoms with Gasteiger partial charge in [0.25, 0.3) is 5.91 Å². The minimum absolute atomic E-state index is 0.0639. The van der Waals surface area contributed by atoms with E-state index in [1.165, 1.54) is 0 Å². The average Bonchev–Trinajstić information content (AvgIpc) is 2.83. The molecule has 0 fully saturated rings. The highest BCUT2D eigenvalue weighted by Gasteiger charge is 2.13. The van der Waals surface area contributed by atoms with Gasteiger partial charge in [-0.3, -0.25) is 9.89 Å². The van der Waals surface area contributed by atoms with Gasteiger partial charge < -0.3 is 10.6 Å². The fourth-order valence-corrected chi connectivity index (χ4v) is 1.75. The lowest BCUT2D eigenvalue weighted by Crippen LogP contribution is -2.26. The van der Waals surface area contributed by atoms with Crippen molar-refractivity contribution in [2.45, 2.75) is 20.0 Å². The molecule has 2 aromatic rings. The van der Waals surface area contributed by atoms with Crippen molar-refractivity contribution in [3.63, 3.8) is 0 Å². The van der Waals surface area contributed by atoms with Crippen molar-refractivity contribution in [3.8, 4) is 0 Å². The van der Waals surface area contributed by atoms with Crippen molar-refractivity contribution in [1.82, 2.24) is 20.1 Å². The third-order valence-electron chi connectivity index (χ3n) is 2.81. The number of aryl methyl sites for hydroxylation is 1. The maximum Gasteiger partial charge on any atom is 0.254 e. The lowest BCUT2D eigenvalue weighted by Gasteiger charge is -2.15. The number of carbonyl (C=O) groups excluding carboxylic acids is 1. The highest BCUT2D eigenvalue weighted by Crippen LogP contribution is 2.08. The lowest BCUT2D eigenvalue weighted by atomic mass is 10.1. The normalized spacial score (nSPS) is 10.5. The predicted octanol–water partition coefficient (Wildman–Crippen LogP) is 0.844. The van der Waals surface area contributed by atoms with Crippen LogP contribution in [0.4, 0.5) is 0 Å². The molecule has 2 rings (SSSR count). The van der Waals surface area contributed by atoms with E-state index < -0.39 is 0 Å². The summed E-state index contributed by atoms with van der Waals surface area (Å²) >= 11 is 0. The van der Waals surface area contributed by atoms with Crippen molar-refractivity contribution in [3.05, 3.63) is 47.0 Å². The number of aromatic nitrogens is 3. The van der Waals surface area contributed by atoms with E-state index in [1.54, 1.807) is 24.1 Å². The van der Waals surface area contributed by atoms with Gasteiger partial charge in [-0.15, -0.1) is 0 Å². The minimum atomic E-state index is -0.0639. The molecule has 1 heterocycles. The van der Waals surface area contributed by atoms with Crippen molar-refractivity contribution in [1.29, 1.82) is 0 Å². The van der Waals surface area contributed by atoms with Gasteiger partial charge in [0.1, 0.15) is 5.82 Å². The van der Waals surface area contributed by atoms with Gasteiger partial charge in [0.15, 0.2) is 5.82 Å². The monoisotopic (exact) mass is 259 g/mol. The Morgan fingerprint density at radius 2 is 2.05 bits per heavy atom. The summed E-state index contributed by atoms with van der Waals surface area (Å²) in [4.78, 5) is 17.9. The smallest absolute Gasteiger partial charge is 0.254 e. The second-order valence-electron chi connectivity index (χ2n) is 4.40. The molecule has 0 unspecified atom stereocenters. The summed E-state index contributed by atoms with van der Waals surface area (Å²) in [5, 5.41) is 6.77. The Balaban J connectivity index is 2.05. The standard InChI is InChI=1S/C13H17N5O/c1-9-15-12(17-16-9)8-18(2)13(19)11-5-3-10(7-14)4-6-11/h3-6H,7-8,14H2,1-2H3,(H,15,16,17). The highest BCUT2D eigenvalue weighted by atomic mass is 16.2. The van der Waals surface area contributed by atoms with E-state index >= 15 is 0 Å². The van der Waals surface area contributed by atoms with E-state index in [0.29, 0.717) is 24.5 Å². The van der Waals surface area contributed by atoms with Crippen LogP contribution in [0.3, 0.4) is 0 Å². The Kier molecular flexibility index (Phi) is 3.91. The Morgan fingerprint density at radius 3 is 2.58 bits per heavy atom. The van der Waals surface area contributed by atoms with E-state index in [4.69, 9.17) is 5.73 Å². The SMILES string of the molecule is Cc1nc(CN(C)C(=O)c2ccc(CN)cc2)n[nH]1. The quantitative estimate of drug-likeness (QED) is 0.851. The molecule has 19 heavy (non-hydrogen) atoms. The zero-order valence-corrected chi connectivity index (χ0v) is 11.1. The first kappa shape index (κ1) is 13.2. The number of nitrogens with two attached hydrogens (primary N) is 1. The summed E-state index contributed by atoms with van der Waals surface area (Å²) in [5.74, 6) is 1.28. The molecule has 0 aliphatic heterocycles. The number of nitrogens with one attached hydrogen (secondary N) is 1. The van der Waals surface area contributed by atoms with E-state index in [2.05, 4.69) is 15.2 Å². The number of hydrogen-bond acceptors (Lipinski definition) is 4. The van der Waals surface area contributed by atoms with Gasteiger partial charge in [-0.05, 0) is 24.6 Å². The van der Waals surface area contributed by atoms with E-state index in [0.717, 1.165) is 11.4 Å². The van der Waals surface area contributed by atoms with E-state index in [9.17, 15) is 4.79 Å². The van der Waals surface area contributed by atoms with Crippen LogP contribution in [0.25, 0.3) is 0 Å². The van der Waals surface area contributed by atoms with Gasteiger partial charge in [-0.25, -0.2) is 4.98 Å². The van der Waals surface area contributed by atoms with Gasteiger partial charge in [-0.2, -0.15) is 5.10 Å². The molecule has 3 N–H and O–H groups in total. The molecule has 0 atom stereocenters. The number of H-pyrrole nitrogens is 1. The number of amides is 1. The molecule has 1 aromatic heterocycles. The first-order valence-electron chi connectivity index (χ1n) is 6.02. The summed E-state index contributed by atoms with van der Waals surface area (Å²) in [6.07, 6.45) is 0. The second kappa shape index (κ2) is 5.62. The lowest BCUT2D eigenvalue weighted by molar-refractivity contribution is 0.0781. The fourth-order valence-electron chi connectivity index (χ4n) is 1.75. The van der Waals surface area contributed by atoms with E-state index in [-0.39, 0.29) is 5.91 Å². The van der Waals surface area contributed by atoms with Gasteiger partial charge in [0.05, 0.1) is 6.54 Å². The fraction of sp³-hybridized carbons (Fsp3) is 0.308. The van der Waals surface area contributed by atoms with Crippen molar-refractivity contribution < 1.29 is 4.79 Å². The van der Waals surface area contributed by atoms with Gasteiger partial charge in [0, 0.05) is 19.2 Å². The molecule has 0 saturated carbocycles. The molecule has 0 bridgehead atoms. The second-order valence-corrected chi connectivity index (χ2v) is 4.40. The van der Waals surface area contributed by atoms with Crippen LogP contribution in [0.1, 0.15) is 27.6 Å². The van der Waals surface area contributed by atoms with Crippen LogP contribution in [0.5, 0.6) is 0 Å².